The zero-order valence-electron chi connectivity index (χ0n) is 8.13. The van der Waals surface area contributed by atoms with Crippen LogP contribution in [0.4, 0.5) is 0 Å². The number of halogens is 1. The molecule has 1 nitrogen and oxygen atoms in total. The molecule has 0 bridgehead atoms. The van der Waals surface area contributed by atoms with Gasteiger partial charge in [-0.05, 0) is 41.8 Å². The summed E-state index contributed by atoms with van der Waals surface area (Å²) in [7, 11) is 0. The predicted molar refractivity (Wildman–Crippen MR) is 61.7 cm³/mol. The first-order valence-electron chi connectivity index (χ1n) is 4.67. The molecular formula is C12H12ClN. The van der Waals surface area contributed by atoms with Crippen molar-refractivity contribution in [3.05, 3.63) is 47.8 Å². The Balaban J connectivity index is 2.57. The molecule has 2 aromatic heterocycles. The van der Waals surface area contributed by atoms with Crippen molar-refractivity contribution >= 4 is 22.7 Å². The fourth-order valence-electron chi connectivity index (χ4n) is 1.50. The first-order valence-corrected chi connectivity index (χ1v) is 5.05. The molecule has 0 N–H and O–H groups in total. The van der Waals surface area contributed by atoms with Crippen molar-refractivity contribution in [2.24, 2.45) is 0 Å². The Kier molecular flexibility index (Phi) is 2.34. The van der Waals surface area contributed by atoms with Gasteiger partial charge in [-0.3, -0.25) is 0 Å². The lowest BCUT2D eigenvalue weighted by atomic mass is 10.1. The molecule has 0 aromatic carbocycles. The smallest absolute Gasteiger partial charge is 0.113 e. The molecule has 0 aliphatic rings. The van der Waals surface area contributed by atoms with E-state index >= 15 is 0 Å². The molecule has 0 spiro atoms. The van der Waals surface area contributed by atoms with Crippen LogP contribution in [0.1, 0.15) is 18.9 Å². The maximum Gasteiger partial charge on any atom is 0.113 e. The summed E-state index contributed by atoms with van der Waals surface area (Å²) in [5.41, 5.74) is 3.46. The molecule has 0 aliphatic heterocycles. The Morgan fingerprint density at radius 3 is 2.93 bits per heavy atom. The molecule has 0 amide bonds. The minimum absolute atomic E-state index is 0.744. The van der Waals surface area contributed by atoms with Gasteiger partial charge >= 0.3 is 0 Å². The molecule has 0 radical (unpaired) electrons. The summed E-state index contributed by atoms with van der Waals surface area (Å²) in [6, 6.07) is 8.06. The van der Waals surface area contributed by atoms with Gasteiger partial charge in [0, 0.05) is 11.7 Å². The van der Waals surface area contributed by atoms with Crippen LogP contribution in [0.25, 0.3) is 11.1 Å². The topological polar surface area (TPSA) is 4.41 Å². The largest absolute Gasteiger partial charge is 0.308 e. The molecule has 0 atom stereocenters. The molecule has 2 heterocycles. The van der Waals surface area contributed by atoms with E-state index in [1.165, 1.54) is 5.56 Å². The van der Waals surface area contributed by atoms with E-state index in [1.807, 2.05) is 28.8 Å². The van der Waals surface area contributed by atoms with E-state index in [0.29, 0.717) is 0 Å². The van der Waals surface area contributed by atoms with E-state index in [0.717, 1.165) is 22.7 Å². The van der Waals surface area contributed by atoms with Gasteiger partial charge in [-0.15, -0.1) is 0 Å². The highest BCUT2D eigenvalue weighted by molar-refractivity contribution is 6.30. The standard InChI is InChI=1S/C12H12ClN/c1-3-9(2)10-6-7-14-11(8-10)4-5-12(14)13/h4-8H,2-3H2,1H3. The molecule has 72 valence electrons. The van der Waals surface area contributed by atoms with Crippen LogP contribution >= 0.6 is 11.6 Å². The first kappa shape index (κ1) is 9.35. The summed E-state index contributed by atoms with van der Waals surface area (Å²) < 4.78 is 1.95. The highest BCUT2D eigenvalue weighted by Crippen LogP contribution is 2.21. The molecule has 0 aliphatic carbocycles. The second-order valence-electron chi connectivity index (χ2n) is 3.32. The molecular weight excluding hydrogens is 194 g/mol. The molecule has 14 heavy (non-hydrogen) atoms. The number of hydrogen-bond donors (Lipinski definition) is 0. The lowest BCUT2D eigenvalue weighted by Crippen LogP contribution is -1.86. The van der Waals surface area contributed by atoms with Gasteiger partial charge < -0.3 is 4.40 Å². The maximum absolute atomic E-state index is 5.98. The molecule has 2 aromatic rings. The SMILES string of the molecule is C=C(CC)c1ccn2c(Cl)ccc2c1. The van der Waals surface area contributed by atoms with Crippen molar-refractivity contribution < 1.29 is 0 Å². The Labute approximate surface area is 88.6 Å². The normalized spacial score (nSPS) is 10.7. The Morgan fingerprint density at radius 2 is 2.21 bits per heavy atom. The van der Waals surface area contributed by atoms with Crippen LogP contribution in [0.5, 0.6) is 0 Å². The molecule has 0 fully saturated rings. The number of fused-ring (bicyclic) bond motifs is 1. The maximum atomic E-state index is 5.98. The van der Waals surface area contributed by atoms with Crippen LogP contribution in [-0.2, 0) is 0 Å². The average molecular weight is 206 g/mol. The third kappa shape index (κ3) is 1.44. The number of rotatable bonds is 2. The van der Waals surface area contributed by atoms with Crippen LogP contribution < -0.4 is 0 Å². The van der Waals surface area contributed by atoms with E-state index in [4.69, 9.17) is 11.6 Å². The van der Waals surface area contributed by atoms with Gasteiger partial charge in [0.1, 0.15) is 5.15 Å². The van der Waals surface area contributed by atoms with Crippen LogP contribution in [-0.4, -0.2) is 4.40 Å². The average Bonchev–Trinajstić information content (AvgIpc) is 2.59. The lowest BCUT2D eigenvalue weighted by molar-refractivity contribution is 1.18. The van der Waals surface area contributed by atoms with Gasteiger partial charge in [0.25, 0.3) is 0 Å². The Bertz CT molecular complexity index is 482. The van der Waals surface area contributed by atoms with E-state index < -0.39 is 0 Å². The molecule has 0 saturated carbocycles. The zero-order valence-corrected chi connectivity index (χ0v) is 8.88. The van der Waals surface area contributed by atoms with Gasteiger partial charge in [-0.25, -0.2) is 0 Å². The number of allylic oxidation sites excluding steroid dienone is 1. The molecule has 0 unspecified atom stereocenters. The zero-order chi connectivity index (χ0) is 10.1. The lowest BCUT2D eigenvalue weighted by Gasteiger charge is -2.04. The highest BCUT2D eigenvalue weighted by atomic mass is 35.5. The highest BCUT2D eigenvalue weighted by Gasteiger charge is 2.01. The number of nitrogens with zero attached hydrogens (tertiary/aromatic N) is 1. The predicted octanol–water partition coefficient (Wildman–Crippen LogP) is 4.02. The fourth-order valence-corrected chi connectivity index (χ4v) is 1.72. The van der Waals surface area contributed by atoms with Crippen molar-refractivity contribution in [3.8, 4) is 0 Å². The van der Waals surface area contributed by atoms with Gasteiger partial charge in [-0.2, -0.15) is 0 Å². The van der Waals surface area contributed by atoms with Gasteiger partial charge in [0.2, 0.25) is 0 Å². The van der Waals surface area contributed by atoms with E-state index in [9.17, 15) is 0 Å². The van der Waals surface area contributed by atoms with Crippen molar-refractivity contribution in [1.29, 1.82) is 0 Å². The summed E-state index contributed by atoms with van der Waals surface area (Å²) in [6.45, 7) is 6.12. The van der Waals surface area contributed by atoms with Crippen molar-refractivity contribution in [2.75, 3.05) is 0 Å². The van der Waals surface area contributed by atoms with Crippen LogP contribution in [0.2, 0.25) is 5.15 Å². The van der Waals surface area contributed by atoms with E-state index in [2.05, 4.69) is 19.6 Å². The molecule has 0 saturated heterocycles. The Hall–Kier alpha value is -1.21. The van der Waals surface area contributed by atoms with Gasteiger partial charge in [0.15, 0.2) is 0 Å². The summed E-state index contributed by atoms with van der Waals surface area (Å²) in [5, 5.41) is 0.744. The van der Waals surface area contributed by atoms with E-state index in [-0.39, 0.29) is 0 Å². The number of pyridine rings is 1. The quantitative estimate of drug-likeness (QED) is 0.698. The van der Waals surface area contributed by atoms with Crippen molar-refractivity contribution in [1.82, 2.24) is 4.40 Å². The summed E-state index contributed by atoms with van der Waals surface area (Å²) in [6.07, 6.45) is 2.96. The van der Waals surface area contributed by atoms with Gasteiger partial charge in [0.05, 0.1) is 0 Å². The summed E-state index contributed by atoms with van der Waals surface area (Å²) >= 11 is 5.98. The van der Waals surface area contributed by atoms with Crippen LogP contribution in [0.15, 0.2) is 37.0 Å². The summed E-state index contributed by atoms with van der Waals surface area (Å²) in [4.78, 5) is 0. The van der Waals surface area contributed by atoms with Gasteiger partial charge in [-0.1, -0.05) is 25.1 Å². The van der Waals surface area contributed by atoms with Crippen LogP contribution in [0, 0.1) is 0 Å². The third-order valence-corrected chi connectivity index (χ3v) is 2.75. The first-order chi connectivity index (χ1) is 6.72. The molecule has 2 heteroatoms. The molecule has 2 rings (SSSR count). The third-order valence-electron chi connectivity index (χ3n) is 2.44. The minimum atomic E-state index is 0.744. The minimum Gasteiger partial charge on any atom is -0.308 e. The van der Waals surface area contributed by atoms with Crippen molar-refractivity contribution in [2.45, 2.75) is 13.3 Å². The van der Waals surface area contributed by atoms with E-state index in [1.54, 1.807) is 0 Å². The number of aromatic nitrogens is 1. The monoisotopic (exact) mass is 205 g/mol. The fraction of sp³-hybridized carbons (Fsp3) is 0.167. The van der Waals surface area contributed by atoms with Crippen LogP contribution in [0.3, 0.4) is 0 Å². The Morgan fingerprint density at radius 1 is 1.43 bits per heavy atom. The number of hydrogen-bond acceptors (Lipinski definition) is 0. The second kappa shape index (κ2) is 3.50. The van der Waals surface area contributed by atoms with Crippen molar-refractivity contribution in [3.63, 3.8) is 0 Å². The summed E-state index contributed by atoms with van der Waals surface area (Å²) in [5.74, 6) is 0. The second-order valence-corrected chi connectivity index (χ2v) is 3.71.